The summed E-state index contributed by atoms with van der Waals surface area (Å²) in [4.78, 5) is 0. The van der Waals surface area contributed by atoms with Gasteiger partial charge in [0.15, 0.2) is 0 Å². The van der Waals surface area contributed by atoms with E-state index in [1.165, 1.54) is 0 Å². The van der Waals surface area contributed by atoms with Crippen molar-refractivity contribution in [2.24, 2.45) is 0 Å². The van der Waals surface area contributed by atoms with Gasteiger partial charge in [0, 0.05) is 5.75 Å². The first-order chi connectivity index (χ1) is 14.8. The van der Waals surface area contributed by atoms with Crippen molar-refractivity contribution in [3.8, 4) is 0 Å². The molecule has 35 heavy (non-hydrogen) atoms. The Balaban J connectivity index is 6.94. The van der Waals surface area contributed by atoms with Crippen LogP contribution in [0.3, 0.4) is 0 Å². The van der Waals surface area contributed by atoms with Crippen LogP contribution in [-0.4, -0.2) is 73.6 Å². The molecule has 0 saturated carbocycles. The van der Waals surface area contributed by atoms with Gasteiger partial charge < -0.3 is 0 Å². The highest BCUT2D eigenvalue weighted by Gasteiger charge is 2.96. The van der Waals surface area contributed by atoms with Gasteiger partial charge in [-0.2, -0.15) is 83.1 Å². The predicted molar refractivity (Wildman–Crippen MR) is 85.2 cm³/mol. The first kappa shape index (κ1) is 33.8. The Hall–Kier alpha value is -1.19. The lowest BCUT2D eigenvalue weighted by atomic mass is 9.91. The molecule has 0 unspecified atom stereocenters. The third-order valence-electron chi connectivity index (χ3n) is 3.80. The van der Waals surface area contributed by atoms with Crippen LogP contribution < -0.4 is 0 Å². The SMILES string of the molecule is C=CCS(C)(C)OS(=O)(=O)C(F)(F)C(F)(F)C(F)(F)C(F)(F)C(F)(F)C(F)(F)C(F)(F)C(F)(F)F. The van der Waals surface area contributed by atoms with Crippen LogP contribution in [0, 0.1) is 0 Å². The van der Waals surface area contributed by atoms with E-state index < -0.39 is 73.1 Å². The Morgan fingerprint density at radius 1 is 0.600 bits per heavy atom. The van der Waals surface area contributed by atoms with E-state index in [1.807, 2.05) is 0 Å². The number of hydrogen-bond donors (Lipinski definition) is 0. The maximum atomic E-state index is 13.8. The lowest BCUT2D eigenvalue weighted by molar-refractivity contribution is -0.458. The first-order valence-electron chi connectivity index (χ1n) is 7.76. The molecule has 0 rings (SSSR count). The highest BCUT2D eigenvalue weighted by Crippen LogP contribution is 2.65. The Labute approximate surface area is 185 Å². The quantitative estimate of drug-likeness (QED) is 0.201. The molecule has 0 radical (unpaired) electrons. The Morgan fingerprint density at radius 2 is 0.886 bits per heavy atom. The zero-order valence-corrected chi connectivity index (χ0v) is 18.1. The lowest BCUT2D eigenvalue weighted by Gasteiger charge is -2.42. The average Bonchev–Trinajstić information content (AvgIpc) is 2.58. The molecule has 22 heteroatoms. The molecule has 0 fully saturated rings. The lowest BCUT2D eigenvalue weighted by Crippen LogP contribution is -2.75. The first-order valence-corrected chi connectivity index (χ1v) is 11.7. The number of alkyl halides is 17. The van der Waals surface area contributed by atoms with Crippen molar-refractivity contribution in [1.29, 1.82) is 0 Å². The minimum absolute atomic E-state index is 0.571. The minimum atomic E-state index is -8.87. The second-order valence-electron chi connectivity index (χ2n) is 6.88. The van der Waals surface area contributed by atoms with Crippen LogP contribution >= 0.6 is 10.3 Å². The van der Waals surface area contributed by atoms with E-state index in [0.717, 1.165) is 0 Å². The van der Waals surface area contributed by atoms with Gasteiger partial charge in [-0.15, -0.1) is 16.9 Å². The topological polar surface area (TPSA) is 43.4 Å². The summed E-state index contributed by atoms with van der Waals surface area (Å²) in [5.74, 6) is -52.6. The summed E-state index contributed by atoms with van der Waals surface area (Å²) in [7, 11) is -11.1. The van der Waals surface area contributed by atoms with Gasteiger partial charge in [0.1, 0.15) is 0 Å². The van der Waals surface area contributed by atoms with Crippen LogP contribution in [0.5, 0.6) is 0 Å². The van der Waals surface area contributed by atoms with Gasteiger partial charge in [0.2, 0.25) is 0 Å². The summed E-state index contributed by atoms with van der Waals surface area (Å²) < 4.78 is 250. The average molecular weight is 602 g/mol. The van der Waals surface area contributed by atoms with E-state index >= 15 is 0 Å². The van der Waals surface area contributed by atoms with Crippen molar-refractivity contribution in [3.63, 3.8) is 0 Å². The van der Waals surface area contributed by atoms with Crippen molar-refractivity contribution in [3.05, 3.63) is 12.7 Å². The summed E-state index contributed by atoms with van der Waals surface area (Å²) in [6.07, 6.45) is -6.04. The fraction of sp³-hybridized carbons (Fsp3) is 0.846. The van der Waals surface area contributed by atoms with Gasteiger partial charge in [-0.05, 0) is 12.5 Å². The molecule has 0 atom stereocenters. The summed E-state index contributed by atoms with van der Waals surface area (Å²) in [5, 5.41) is -7.67. The summed E-state index contributed by atoms with van der Waals surface area (Å²) in [6, 6.07) is 0. The molecule has 0 aliphatic carbocycles. The molecule has 0 amide bonds. The van der Waals surface area contributed by atoms with Gasteiger partial charge in [-0.1, -0.05) is 6.08 Å². The van der Waals surface area contributed by atoms with Crippen LogP contribution in [0.4, 0.5) is 74.6 Å². The Morgan fingerprint density at radius 3 is 1.17 bits per heavy atom. The van der Waals surface area contributed by atoms with Crippen molar-refractivity contribution < 1.29 is 86.7 Å². The van der Waals surface area contributed by atoms with E-state index in [2.05, 4.69) is 10.2 Å². The van der Waals surface area contributed by atoms with Crippen LogP contribution in [0.2, 0.25) is 0 Å². The highest BCUT2D eigenvalue weighted by molar-refractivity contribution is 8.32. The zero-order valence-electron chi connectivity index (χ0n) is 16.5. The maximum Gasteiger partial charge on any atom is 0.460 e. The largest absolute Gasteiger partial charge is 0.460 e. The number of hydrogen-bond acceptors (Lipinski definition) is 3. The van der Waals surface area contributed by atoms with Crippen molar-refractivity contribution in [2.75, 3.05) is 18.3 Å². The van der Waals surface area contributed by atoms with Crippen LogP contribution in [0.25, 0.3) is 0 Å². The molecule has 212 valence electrons. The Bertz CT molecular complexity index is 905. The van der Waals surface area contributed by atoms with Gasteiger partial charge in [-0.3, -0.25) is 0 Å². The fourth-order valence-corrected chi connectivity index (χ4v) is 5.42. The van der Waals surface area contributed by atoms with E-state index in [1.54, 1.807) is 0 Å². The third kappa shape index (κ3) is 4.77. The predicted octanol–water partition coefficient (Wildman–Crippen LogP) is 6.46. The Kier molecular flexibility index (Phi) is 8.39. The molecule has 0 aromatic heterocycles. The van der Waals surface area contributed by atoms with Crippen molar-refractivity contribution >= 4 is 20.4 Å². The fourth-order valence-electron chi connectivity index (χ4n) is 1.90. The molecule has 0 saturated heterocycles. The molecule has 0 N–H and O–H groups in total. The molecule has 0 aliphatic heterocycles. The zero-order chi connectivity index (χ0) is 29.1. The molecule has 0 spiro atoms. The molecule has 0 aromatic carbocycles. The minimum Gasteiger partial charge on any atom is -0.215 e. The number of halogens is 17. The van der Waals surface area contributed by atoms with E-state index in [4.69, 9.17) is 0 Å². The van der Waals surface area contributed by atoms with Gasteiger partial charge in [0.25, 0.3) is 0 Å². The van der Waals surface area contributed by atoms with Crippen LogP contribution in [-0.2, 0) is 13.7 Å². The molecule has 0 bridgehead atoms. The van der Waals surface area contributed by atoms with Crippen LogP contribution in [0.15, 0.2) is 12.7 Å². The molecule has 0 aliphatic rings. The summed E-state index contributed by atoms with van der Waals surface area (Å²) in [5.41, 5.74) is 0. The van der Waals surface area contributed by atoms with Gasteiger partial charge in [-0.25, -0.2) is 3.63 Å². The normalized spacial score (nSPS) is 16.9. The highest BCUT2D eigenvalue weighted by atomic mass is 32.3. The second kappa shape index (κ2) is 8.69. The molecule has 3 nitrogen and oxygen atoms in total. The smallest absolute Gasteiger partial charge is 0.215 e. The summed E-state index contributed by atoms with van der Waals surface area (Å²) >= 11 is 0. The number of rotatable bonds is 11. The maximum absolute atomic E-state index is 13.8. The van der Waals surface area contributed by atoms with E-state index in [9.17, 15) is 83.1 Å². The van der Waals surface area contributed by atoms with Gasteiger partial charge >= 0.3 is 57.1 Å². The molecular weight excluding hydrogens is 591 g/mol. The second-order valence-corrected chi connectivity index (χ2v) is 12.0. The third-order valence-corrected chi connectivity index (χ3v) is 7.91. The van der Waals surface area contributed by atoms with Crippen LogP contribution in [0.1, 0.15) is 0 Å². The van der Waals surface area contributed by atoms with Crippen molar-refractivity contribution in [2.45, 2.75) is 47.0 Å². The van der Waals surface area contributed by atoms with Gasteiger partial charge in [0.05, 0.1) is 0 Å². The molecular formula is C13H11F17O3S2. The van der Waals surface area contributed by atoms with Crippen molar-refractivity contribution in [1.82, 2.24) is 0 Å². The van der Waals surface area contributed by atoms with E-state index in [-0.39, 0.29) is 0 Å². The summed E-state index contributed by atoms with van der Waals surface area (Å²) in [6.45, 7) is 2.94. The molecule has 0 heterocycles. The van der Waals surface area contributed by atoms with E-state index in [0.29, 0.717) is 18.6 Å². The molecule has 0 aromatic rings. The standard InChI is InChI=1S/C13H11F17O3S2/c1-4-5-34(2,3)33-35(31,32)13(29,30)11(24,25)9(20,21)7(16,17)6(14,15)8(18,19)10(22,23)12(26,27)28/h4H,1,5H2,2-3H3. The monoisotopic (exact) mass is 602 g/mol.